The molecule has 2 rings (SSSR count). The summed E-state index contributed by atoms with van der Waals surface area (Å²) in [5, 5.41) is 13.2. The molecule has 0 aliphatic carbocycles. The van der Waals surface area contributed by atoms with Gasteiger partial charge in [0.05, 0.1) is 6.61 Å². The van der Waals surface area contributed by atoms with E-state index >= 15 is 0 Å². The van der Waals surface area contributed by atoms with Gasteiger partial charge in [0.2, 0.25) is 0 Å². The zero-order chi connectivity index (χ0) is 14.4. The van der Waals surface area contributed by atoms with Gasteiger partial charge in [0.25, 0.3) is 0 Å². The second-order valence-corrected chi connectivity index (χ2v) is 6.19. The Hall–Kier alpha value is -0.900. The maximum atomic E-state index is 9.61. The van der Waals surface area contributed by atoms with Gasteiger partial charge in [-0.25, -0.2) is 0 Å². The Balaban J connectivity index is 1.85. The number of nitrogens with zero attached hydrogens (tertiary/aromatic N) is 1. The molecule has 1 heterocycles. The van der Waals surface area contributed by atoms with Crippen LogP contribution in [0.1, 0.15) is 25.3 Å². The lowest BCUT2D eigenvalue weighted by atomic mass is 9.91. The number of likely N-dealkylation sites (tertiary alicyclic amines) is 1. The number of benzene rings is 1. The average molecular weight is 276 g/mol. The number of piperidine rings is 1. The zero-order valence-corrected chi connectivity index (χ0v) is 12.8. The lowest BCUT2D eigenvalue weighted by Crippen LogP contribution is -2.48. The highest BCUT2D eigenvalue weighted by Crippen LogP contribution is 2.19. The van der Waals surface area contributed by atoms with E-state index in [1.54, 1.807) is 0 Å². The molecule has 0 amide bonds. The van der Waals surface area contributed by atoms with Crippen LogP contribution in [0.2, 0.25) is 0 Å². The first-order chi connectivity index (χ1) is 9.69. The fourth-order valence-corrected chi connectivity index (χ4v) is 3.20. The van der Waals surface area contributed by atoms with Crippen molar-refractivity contribution in [2.24, 2.45) is 5.92 Å². The van der Waals surface area contributed by atoms with E-state index in [1.165, 1.54) is 24.9 Å². The van der Waals surface area contributed by atoms with Crippen molar-refractivity contribution in [2.75, 3.05) is 26.7 Å². The number of aliphatic hydroxyl groups excluding tert-OH is 1. The summed E-state index contributed by atoms with van der Waals surface area (Å²) in [6.45, 7) is 4.84. The highest BCUT2D eigenvalue weighted by atomic mass is 16.3. The quantitative estimate of drug-likeness (QED) is 0.833. The highest BCUT2D eigenvalue weighted by Gasteiger charge is 2.24. The molecule has 3 nitrogen and oxygen atoms in total. The van der Waals surface area contributed by atoms with Crippen LogP contribution < -0.4 is 5.32 Å². The van der Waals surface area contributed by atoms with Gasteiger partial charge >= 0.3 is 0 Å². The number of rotatable bonds is 6. The summed E-state index contributed by atoms with van der Waals surface area (Å²) in [5.74, 6) is 0.693. The van der Waals surface area contributed by atoms with E-state index in [2.05, 4.69) is 48.5 Å². The van der Waals surface area contributed by atoms with E-state index in [1.807, 2.05) is 6.07 Å². The Kier molecular flexibility index (Phi) is 6.02. The minimum atomic E-state index is 0.152. The molecule has 0 bridgehead atoms. The molecule has 112 valence electrons. The first-order valence-electron chi connectivity index (χ1n) is 7.78. The van der Waals surface area contributed by atoms with E-state index in [0.717, 1.165) is 13.0 Å². The summed E-state index contributed by atoms with van der Waals surface area (Å²) in [6, 6.07) is 11.0. The summed E-state index contributed by atoms with van der Waals surface area (Å²) in [6.07, 6.45) is 3.47. The molecular weight excluding hydrogens is 248 g/mol. The number of aliphatic hydroxyl groups is 1. The third-order valence-electron chi connectivity index (χ3n) is 4.41. The van der Waals surface area contributed by atoms with Gasteiger partial charge in [-0.05, 0) is 51.3 Å². The molecule has 1 aromatic carbocycles. The third-order valence-corrected chi connectivity index (χ3v) is 4.41. The predicted molar refractivity (Wildman–Crippen MR) is 83.8 cm³/mol. The molecule has 3 atom stereocenters. The van der Waals surface area contributed by atoms with E-state index in [9.17, 15) is 5.11 Å². The standard InChI is InChI=1S/C17H28N2O/c1-14(16-9-6-10-19(2)12-16)18-17(13-20)11-15-7-4-3-5-8-15/h3-5,7-8,14,16-18,20H,6,9-13H2,1-2H3/t14?,16?,17-/m0/s1. The molecule has 1 aromatic rings. The van der Waals surface area contributed by atoms with Gasteiger partial charge in [0, 0.05) is 18.6 Å². The maximum Gasteiger partial charge on any atom is 0.0587 e. The molecule has 2 N–H and O–H groups in total. The lowest BCUT2D eigenvalue weighted by molar-refractivity contribution is 0.158. The molecule has 20 heavy (non-hydrogen) atoms. The highest BCUT2D eigenvalue weighted by molar-refractivity contribution is 5.16. The summed E-state index contributed by atoms with van der Waals surface area (Å²) >= 11 is 0. The van der Waals surface area contributed by atoms with Crippen molar-refractivity contribution < 1.29 is 5.11 Å². The van der Waals surface area contributed by atoms with Crippen LogP contribution in [0.25, 0.3) is 0 Å². The van der Waals surface area contributed by atoms with Crippen molar-refractivity contribution in [3.05, 3.63) is 35.9 Å². The van der Waals surface area contributed by atoms with E-state index in [4.69, 9.17) is 0 Å². The van der Waals surface area contributed by atoms with Crippen molar-refractivity contribution in [1.29, 1.82) is 0 Å². The van der Waals surface area contributed by atoms with Crippen molar-refractivity contribution in [2.45, 2.75) is 38.3 Å². The third kappa shape index (κ3) is 4.58. The molecule has 0 spiro atoms. The number of nitrogens with one attached hydrogen (secondary N) is 1. The van der Waals surface area contributed by atoms with Gasteiger partial charge in [0.1, 0.15) is 0 Å². The molecule has 3 heteroatoms. The molecule has 2 unspecified atom stereocenters. The van der Waals surface area contributed by atoms with Crippen LogP contribution >= 0.6 is 0 Å². The minimum Gasteiger partial charge on any atom is -0.395 e. The maximum absolute atomic E-state index is 9.61. The molecule has 1 fully saturated rings. The molecule has 1 saturated heterocycles. The zero-order valence-electron chi connectivity index (χ0n) is 12.8. The topological polar surface area (TPSA) is 35.5 Å². The van der Waals surface area contributed by atoms with Gasteiger partial charge in [-0.2, -0.15) is 0 Å². The fourth-order valence-electron chi connectivity index (χ4n) is 3.20. The molecule has 0 radical (unpaired) electrons. The monoisotopic (exact) mass is 276 g/mol. The Morgan fingerprint density at radius 1 is 1.35 bits per heavy atom. The van der Waals surface area contributed by atoms with Crippen LogP contribution in [0.4, 0.5) is 0 Å². The summed E-state index contributed by atoms with van der Waals surface area (Å²) < 4.78 is 0. The summed E-state index contributed by atoms with van der Waals surface area (Å²) in [5.41, 5.74) is 1.28. The SMILES string of the molecule is CC(N[C@H](CO)Cc1ccccc1)C1CCCN(C)C1. The first-order valence-corrected chi connectivity index (χ1v) is 7.78. The second kappa shape index (κ2) is 7.77. The van der Waals surface area contributed by atoms with Gasteiger partial charge in [-0.3, -0.25) is 0 Å². The van der Waals surface area contributed by atoms with Gasteiger partial charge < -0.3 is 15.3 Å². The van der Waals surface area contributed by atoms with Crippen LogP contribution in [-0.4, -0.2) is 48.8 Å². The Labute approximate surface area is 123 Å². The van der Waals surface area contributed by atoms with Crippen LogP contribution in [-0.2, 0) is 6.42 Å². The normalized spacial score (nSPS) is 23.4. The van der Waals surface area contributed by atoms with Gasteiger partial charge in [0.15, 0.2) is 0 Å². The van der Waals surface area contributed by atoms with Crippen LogP contribution in [0.5, 0.6) is 0 Å². The van der Waals surface area contributed by atoms with Gasteiger partial charge in [-0.1, -0.05) is 30.3 Å². The minimum absolute atomic E-state index is 0.152. The van der Waals surface area contributed by atoms with Crippen LogP contribution in [0.15, 0.2) is 30.3 Å². The van der Waals surface area contributed by atoms with E-state index in [-0.39, 0.29) is 12.6 Å². The molecule has 0 aromatic heterocycles. The average Bonchev–Trinajstić information content (AvgIpc) is 2.47. The van der Waals surface area contributed by atoms with Crippen molar-refractivity contribution >= 4 is 0 Å². The smallest absolute Gasteiger partial charge is 0.0587 e. The Morgan fingerprint density at radius 2 is 2.10 bits per heavy atom. The Bertz CT molecular complexity index is 382. The van der Waals surface area contributed by atoms with Crippen molar-refractivity contribution in [3.8, 4) is 0 Å². The lowest BCUT2D eigenvalue weighted by Gasteiger charge is -2.35. The summed E-state index contributed by atoms with van der Waals surface area (Å²) in [4.78, 5) is 2.41. The molecule has 1 aliphatic heterocycles. The Morgan fingerprint density at radius 3 is 2.75 bits per heavy atom. The first kappa shape index (κ1) is 15.5. The van der Waals surface area contributed by atoms with Crippen molar-refractivity contribution in [3.63, 3.8) is 0 Å². The molecular formula is C17H28N2O. The van der Waals surface area contributed by atoms with Crippen LogP contribution in [0, 0.1) is 5.92 Å². The summed E-state index contributed by atoms with van der Waals surface area (Å²) in [7, 11) is 2.20. The molecule has 1 aliphatic rings. The molecule has 0 saturated carbocycles. The number of hydrogen-bond acceptors (Lipinski definition) is 3. The van der Waals surface area contributed by atoms with E-state index in [0.29, 0.717) is 12.0 Å². The fraction of sp³-hybridized carbons (Fsp3) is 0.647. The van der Waals surface area contributed by atoms with Gasteiger partial charge in [-0.15, -0.1) is 0 Å². The van der Waals surface area contributed by atoms with E-state index < -0.39 is 0 Å². The number of hydrogen-bond donors (Lipinski definition) is 2. The predicted octanol–water partition coefficient (Wildman–Crippen LogP) is 1.91. The largest absolute Gasteiger partial charge is 0.395 e. The second-order valence-electron chi connectivity index (χ2n) is 6.19. The van der Waals surface area contributed by atoms with Crippen LogP contribution in [0.3, 0.4) is 0 Å². The van der Waals surface area contributed by atoms with Crippen molar-refractivity contribution in [1.82, 2.24) is 10.2 Å².